The number of rotatable bonds is 5. The Morgan fingerprint density at radius 3 is 2.76 bits per heavy atom. The Morgan fingerprint density at radius 1 is 1.12 bits per heavy atom. The second kappa shape index (κ2) is 5.58. The number of ether oxygens (including phenoxy) is 2. The Bertz CT molecular complexity index is 491. The van der Waals surface area contributed by atoms with Gasteiger partial charge < -0.3 is 9.47 Å². The van der Waals surface area contributed by atoms with Crippen molar-refractivity contribution in [3.8, 4) is 11.5 Å². The van der Waals surface area contributed by atoms with Crippen molar-refractivity contribution in [2.45, 2.75) is 19.8 Å². The van der Waals surface area contributed by atoms with Gasteiger partial charge >= 0.3 is 0 Å². The van der Waals surface area contributed by atoms with Crippen LogP contribution in [0.15, 0.2) is 36.4 Å². The van der Waals surface area contributed by atoms with Crippen molar-refractivity contribution in [1.82, 2.24) is 0 Å². The van der Waals surface area contributed by atoms with Crippen LogP contribution in [0, 0.1) is 0 Å². The molecule has 0 aliphatic carbocycles. The molecule has 2 rings (SSSR count). The summed E-state index contributed by atoms with van der Waals surface area (Å²) >= 11 is 0. The molecule has 0 atom stereocenters. The van der Waals surface area contributed by atoms with Crippen molar-refractivity contribution in [1.29, 1.82) is 0 Å². The minimum atomic E-state index is 0.779. The van der Waals surface area contributed by atoms with Crippen LogP contribution in [0.2, 0.25) is 0 Å². The standard InChI is InChI=1S/C15H18O2/c1-3-4-10-17-15-7-5-6-12-11-13(16-2)8-9-14(12)15/h5-9,11H,3-4,10H2,1-2H3. The van der Waals surface area contributed by atoms with E-state index < -0.39 is 0 Å². The predicted molar refractivity (Wildman–Crippen MR) is 70.9 cm³/mol. The molecule has 0 fully saturated rings. The molecule has 0 aliphatic rings. The summed E-state index contributed by atoms with van der Waals surface area (Å²) in [5.74, 6) is 1.84. The van der Waals surface area contributed by atoms with Crippen LogP contribution in [0.3, 0.4) is 0 Å². The van der Waals surface area contributed by atoms with Crippen LogP contribution in [0.5, 0.6) is 11.5 Å². The third-order valence-electron chi connectivity index (χ3n) is 2.80. The van der Waals surface area contributed by atoms with E-state index in [1.165, 1.54) is 0 Å². The highest BCUT2D eigenvalue weighted by Gasteiger charge is 2.02. The number of benzene rings is 2. The fraction of sp³-hybridized carbons (Fsp3) is 0.333. The summed E-state index contributed by atoms with van der Waals surface area (Å²) in [4.78, 5) is 0. The van der Waals surface area contributed by atoms with Crippen molar-refractivity contribution in [2.75, 3.05) is 13.7 Å². The first-order valence-corrected chi connectivity index (χ1v) is 6.04. The number of hydrogen-bond acceptors (Lipinski definition) is 2. The third-order valence-corrected chi connectivity index (χ3v) is 2.80. The Kier molecular flexibility index (Phi) is 3.86. The van der Waals surface area contributed by atoms with E-state index in [0.29, 0.717) is 0 Å². The van der Waals surface area contributed by atoms with E-state index >= 15 is 0 Å². The van der Waals surface area contributed by atoms with Crippen molar-refractivity contribution in [3.05, 3.63) is 36.4 Å². The summed E-state index contributed by atoms with van der Waals surface area (Å²) in [7, 11) is 1.68. The van der Waals surface area contributed by atoms with Crippen LogP contribution < -0.4 is 9.47 Å². The lowest BCUT2D eigenvalue weighted by molar-refractivity contribution is 0.313. The first kappa shape index (κ1) is 11.8. The van der Waals surface area contributed by atoms with E-state index in [1.54, 1.807) is 7.11 Å². The van der Waals surface area contributed by atoms with Crippen molar-refractivity contribution in [3.63, 3.8) is 0 Å². The molecule has 2 nitrogen and oxygen atoms in total. The molecular weight excluding hydrogens is 212 g/mol. The molecule has 2 aromatic carbocycles. The van der Waals surface area contributed by atoms with Gasteiger partial charge in [0.1, 0.15) is 11.5 Å². The SMILES string of the molecule is CCCCOc1cccc2cc(OC)ccc12. The summed E-state index contributed by atoms with van der Waals surface area (Å²) in [5, 5.41) is 2.29. The molecular formula is C15H18O2. The van der Waals surface area contributed by atoms with Crippen LogP contribution in [0.25, 0.3) is 10.8 Å². The first-order chi connectivity index (χ1) is 8.35. The second-order valence-electron chi connectivity index (χ2n) is 4.05. The van der Waals surface area contributed by atoms with Crippen LogP contribution in [0.4, 0.5) is 0 Å². The summed E-state index contributed by atoms with van der Waals surface area (Å²) in [6.07, 6.45) is 2.24. The molecule has 0 spiro atoms. The molecule has 0 bridgehead atoms. The quantitative estimate of drug-likeness (QED) is 0.722. The van der Waals surface area contributed by atoms with Crippen molar-refractivity contribution in [2.24, 2.45) is 0 Å². The molecule has 0 aromatic heterocycles. The Hall–Kier alpha value is -1.70. The molecule has 0 unspecified atom stereocenters. The number of fused-ring (bicyclic) bond motifs is 1. The zero-order valence-corrected chi connectivity index (χ0v) is 10.4. The lowest BCUT2D eigenvalue weighted by atomic mass is 10.1. The van der Waals surface area contributed by atoms with E-state index in [9.17, 15) is 0 Å². The Labute approximate surface area is 102 Å². The molecule has 0 radical (unpaired) electrons. The highest BCUT2D eigenvalue weighted by molar-refractivity contribution is 5.89. The molecule has 2 heteroatoms. The largest absolute Gasteiger partial charge is 0.497 e. The molecule has 0 saturated carbocycles. The number of hydrogen-bond donors (Lipinski definition) is 0. The summed E-state index contributed by atoms with van der Waals surface area (Å²) in [5.41, 5.74) is 0. The lowest BCUT2D eigenvalue weighted by Crippen LogP contribution is -1.96. The average Bonchev–Trinajstić information content (AvgIpc) is 2.38. The molecule has 0 N–H and O–H groups in total. The smallest absolute Gasteiger partial charge is 0.127 e. The second-order valence-corrected chi connectivity index (χ2v) is 4.05. The van der Waals surface area contributed by atoms with E-state index in [1.807, 2.05) is 24.3 Å². The maximum absolute atomic E-state index is 5.79. The van der Waals surface area contributed by atoms with Gasteiger partial charge in [-0.2, -0.15) is 0 Å². The fourth-order valence-electron chi connectivity index (χ4n) is 1.81. The molecule has 2 aromatic rings. The fourth-order valence-corrected chi connectivity index (χ4v) is 1.81. The van der Waals surface area contributed by atoms with Gasteiger partial charge in [0.25, 0.3) is 0 Å². The van der Waals surface area contributed by atoms with Gasteiger partial charge in [0.05, 0.1) is 13.7 Å². The Morgan fingerprint density at radius 2 is 2.00 bits per heavy atom. The zero-order chi connectivity index (χ0) is 12.1. The van der Waals surface area contributed by atoms with E-state index in [0.717, 1.165) is 41.7 Å². The minimum absolute atomic E-state index is 0.779. The summed E-state index contributed by atoms with van der Waals surface area (Å²) < 4.78 is 11.0. The van der Waals surface area contributed by atoms with Crippen LogP contribution in [-0.2, 0) is 0 Å². The van der Waals surface area contributed by atoms with Gasteiger partial charge in [-0.3, -0.25) is 0 Å². The van der Waals surface area contributed by atoms with Gasteiger partial charge in [0, 0.05) is 5.39 Å². The van der Waals surface area contributed by atoms with Gasteiger partial charge in [-0.25, -0.2) is 0 Å². The average molecular weight is 230 g/mol. The van der Waals surface area contributed by atoms with Gasteiger partial charge in [-0.15, -0.1) is 0 Å². The van der Waals surface area contributed by atoms with Gasteiger partial charge in [-0.05, 0) is 36.1 Å². The summed E-state index contributed by atoms with van der Waals surface area (Å²) in [6.45, 7) is 2.94. The van der Waals surface area contributed by atoms with E-state index in [2.05, 4.69) is 19.1 Å². The molecule has 0 aliphatic heterocycles. The van der Waals surface area contributed by atoms with Crippen LogP contribution in [0.1, 0.15) is 19.8 Å². The molecule has 17 heavy (non-hydrogen) atoms. The van der Waals surface area contributed by atoms with E-state index in [-0.39, 0.29) is 0 Å². The lowest BCUT2D eigenvalue weighted by Gasteiger charge is -2.09. The number of unbranched alkanes of at least 4 members (excludes halogenated alkanes) is 1. The first-order valence-electron chi connectivity index (χ1n) is 6.04. The van der Waals surface area contributed by atoms with Crippen molar-refractivity contribution >= 4 is 10.8 Å². The highest BCUT2D eigenvalue weighted by atomic mass is 16.5. The molecule has 0 saturated heterocycles. The molecule has 90 valence electrons. The van der Waals surface area contributed by atoms with Crippen LogP contribution >= 0.6 is 0 Å². The maximum atomic E-state index is 5.79. The minimum Gasteiger partial charge on any atom is -0.497 e. The third kappa shape index (κ3) is 2.70. The van der Waals surface area contributed by atoms with Gasteiger partial charge in [0.2, 0.25) is 0 Å². The highest BCUT2D eigenvalue weighted by Crippen LogP contribution is 2.28. The van der Waals surface area contributed by atoms with Crippen LogP contribution in [-0.4, -0.2) is 13.7 Å². The summed E-state index contributed by atoms with van der Waals surface area (Å²) in [6, 6.07) is 12.2. The van der Waals surface area contributed by atoms with Crippen molar-refractivity contribution < 1.29 is 9.47 Å². The molecule has 0 heterocycles. The molecule has 0 amide bonds. The monoisotopic (exact) mass is 230 g/mol. The topological polar surface area (TPSA) is 18.5 Å². The van der Waals surface area contributed by atoms with E-state index in [4.69, 9.17) is 9.47 Å². The van der Waals surface area contributed by atoms with Gasteiger partial charge in [-0.1, -0.05) is 25.5 Å². The Balaban J connectivity index is 2.30. The number of methoxy groups -OCH3 is 1. The zero-order valence-electron chi connectivity index (χ0n) is 10.4. The predicted octanol–water partition coefficient (Wildman–Crippen LogP) is 4.03. The van der Waals surface area contributed by atoms with Gasteiger partial charge in [0.15, 0.2) is 0 Å². The maximum Gasteiger partial charge on any atom is 0.127 e. The normalized spacial score (nSPS) is 10.5.